The molecule has 0 amide bonds. The quantitative estimate of drug-likeness (QED) is 0.790. The summed E-state index contributed by atoms with van der Waals surface area (Å²) in [7, 11) is 0. The Hall–Kier alpha value is -1.72. The molecule has 4 nitrogen and oxygen atoms in total. The third kappa shape index (κ3) is 2.02. The Balaban J connectivity index is 2.10. The summed E-state index contributed by atoms with van der Waals surface area (Å²) in [6.07, 6.45) is 0. The van der Waals surface area contributed by atoms with E-state index >= 15 is 0 Å². The first-order valence-electron chi connectivity index (χ1n) is 5.48. The number of hydrogen-bond acceptors (Lipinski definition) is 4. The summed E-state index contributed by atoms with van der Waals surface area (Å²) in [6.45, 7) is 0.282. The lowest BCUT2D eigenvalue weighted by molar-refractivity contribution is 0.423. The number of nitrogens with zero attached hydrogens (tertiary/aromatic N) is 2. The maximum atomic E-state index is 5.46. The molecule has 0 bridgehead atoms. The lowest BCUT2D eigenvalue weighted by Crippen LogP contribution is -1.97. The van der Waals surface area contributed by atoms with Crippen molar-refractivity contribution in [2.45, 2.75) is 6.54 Å². The van der Waals surface area contributed by atoms with Gasteiger partial charge in [0.2, 0.25) is 0 Å². The van der Waals surface area contributed by atoms with Crippen LogP contribution in [0.3, 0.4) is 0 Å². The highest BCUT2D eigenvalue weighted by Gasteiger charge is 2.08. The number of aromatic nitrogens is 2. The first kappa shape index (κ1) is 11.4. The van der Waals surface area contributed by atoms with Crippen LogP contribution in [-0.2, 0) is 6.54 Å². The van der Waals surface area contributed by atoms with Crippen molar-refractivity contribution in [1.29, 1.82) is 0 Å². The van der Waals surface area contributed by atoms with Crippen molar-refractivity contribution in [3.8, 4) is 11.5 Å². The van der Waals surface area contributed by atoms with Crippen LogP contribution in [0.1, 0.15) is 5.82 Å². The van der Waals surface area contributed by atoms with Crippen LogP contribution >= 0.6 is 15.9 Å². The molecule has 18 heavy (non-hydrogen) atoms. The van der Waals surface area contributed by atoms with Gasteiger partial charge >= 0.3 is 0 Å². The van der Waals surface area contributed by atoms with Gasteiger partial charge in [0.05, 0.1) is 6.54 Å². The fourth-order valence-electron chi connectivity index (χ4n) is 1.80. The average Bonchev–Trinajstić information content (AvgIpc) is 2.87. The highest BCUT2D eigenvalue weighted by Crippen LogP contribution is 2.25. The van der Waals surface area contributed by atoms with Crippen LogP contribution < -0.4 is 5.73 Å². The van der Waals surface area contributed by atoms with E-state index in [9.17, 15) is 0 Å². The zero-order chi connectivity index (χ0) is 12.5. The second-order valence-electron chi connectivity index (χ2n) is 3.93. The highest BCUT2D eigenvalue weighted by atomic mass is 79.9. The molecule has 0 saturated heterocycles. The summed E-state index contributed by atoms with van der Waals surface area (Å²) in [5, 5.41) is 6.07. The summed E-state index contributed by atoms with van der Waals surface area (Å²) >= 11 is 3.45. The molecule has 3 rings (SSSR count). The van der Waals surface area contributed by atoms with Gasteiger partial charge in [-0.05, 0) is 35.0 Å². The van der Waals surface area contributed by atoms with Crippen molar-refractivity contribution < 1.29 is 4.52 Å². The van der Waals surface area contributed by atoms with Gasteiger partial charge in [-0.25, -0.2) is 0 Å². The molecular weight excluding hydrogens is 294 g/mol. The maximum absolute atomic E-state index is 5.46. The van der Waals surface area contributed by atoms with Gasteiger partial charge < -0.3 is 10.3 Å². The van der Waals surface area contributed by atoms with E-state index in [2.05, 4.69) is 32.1 Å². The van der Waals surface area contributed by atoms with Gasteiger partial charge in [0.15, 0.2) is 5.82 Å². The number of benzene rings is 2. The summed E-state index contributed by atoms with van der Waals surface area (Å²) in [5.41, 5.74) is 6.36. The predicted octanol–water partition coefficient (Wildman–Crippen LogP) is 3.11. The number of nitrogens with two attached hydrogens (primary N) is 1. The van der Waals surface area contributed by atoms with E-state index in [0.29, 0.717) is 11.7 Å². The third-order valence-corrected chi connectivity index (χ3v) is 3.19. The van der Waals surface area contributed by atoms with E-state index < -0.39 is 0 Å². The van der Waals surface area contributed by atoms with Crippen molar-refractivity contribution in [3.05, 3.63) is 46.7 Å². The Morgan fingerprint density at radius 1 is 1.11 bits per heavy atom. The molecule has 2 N–H and O–H groups in total. The van der Waals surface area contributed by atoms with Crippen LogP contribution in [0, 0.1) is 0 Å². The average molecular weight is 304 g/mol. The number of halogens is 1. The Bertz CT molecular complexity index is 708. The first-order chi connectivity index (χ1) is 8.76. The molecule has 5 heteroatoms. The summed E-state index contributed by atoms with van der Waals surface area (Å²) in [5.74, 6) is 1.01. The molecule has 0 fully saturated rings. The van der Waals surface area contributed by atoms with Gasteiger partial charge in [-0.3, -0.25) is 0 Å². The molecule has 0 unspecified atom stereocenters. The maximum Gasteiger partial charge on any atom is 0.257 e. The molecule has 2 aromatic carbocycles. The predicted molar refractivity (Wildman–Crippen MR) is 72.8 cm³/mol. The standard InChI is InChI=1S/C13H10BrN3O/c14-11-4-3-8-5-10(2-1-9(8)6-11)13-16-12(7-15)17-18-13/h1-6H,7,15H2. The summed E-state index contributed by atoms with van der Waals surface area (Å²) < 4.78 is 6.22. The Labute approximate surface area is 112 Å². The van der Waals surface area contributed by atoms with E-state index in [1.807, 2.05) is 30.3 Å². The van der Waals surface area contributed by atoms with Crippen LogP contribution in [0.5, 0.6) is 0 Å². The van der Waals surface area contributed by atoms with Crippen molar-refractivity contribution in [1.82, 2.24) is 10.1 Å². The Kier molecular flexibility index (Phi) is 2.85. The first-order valence-corrected chi connectivity index (χ1v) is 6.28. The normalized spacial score (nSPS) is 11.0. The SMILES string of the molecule is NCc1noc(-c2ccc3cc(Br)ccc3c2)n1. The smallest absolute Gasteiger partial charge is 0.257 e. The van der Waals surface area contributed by atoms with Crippen molar-refractivity contribution >= 4 is 26.7 Å². The van der Waals surface area contributed by atoms with Crippen LogP contribution in [0.15, 0.2) is 45.4 Å². The topological polar surface area (TPSA) is 64.9 Å². The second kappa shape index (κ2) is 4.51. The molecule has 90 valence electrons. The van der Waals surface area contributed by atoms with E-state index in [0.717, 1.165) is 20.8 Å². The minimum Gasteiger partial charge on any atom is -0.334 e. The van der Waals surface area contributed by atoms with Crippen LogP contribution in [0.25, 0.3) is 22.2 Å². The molecule has 0 aliphatic rings. The minimum atomic E-state index is 0.282. The Morgan fingerprint density at radius 2 is 1.89 bits per heavy atom. The minimum absolute atomic E-state index is 0.282. The van der Waals surface area contributed by atoms with E-state index in [4.69, 9.17) is 10.3 Å². The molecule has 0 saturated carbocycles. The molecule has 1 aromatic heterocycles. The molecule has 0 aliphatic heterocycles. The molecule has 0 aliphatic carbocycles. The number of hydrogen-bond donors (Lipinski definition) is 1. The molecule has 1 heterocycles. The summed E-state index contributed by atoms with van der Waals surface area (Å²) in [6, 6.07) is 12.1. The highest BCUT2D eigenvalue weighted by molar-refractivity contribution is 9.10. The van der Waals surface area contributed by atoms with Crippen molar-refractivity contribution in [2.75, 3.05) is 0 Å². The third-order valence-electron chi connectivity index (χ3n) is 2.70. The number of rotatable bonds is 2. The largest absolute Gasteiger partial charge is 0.334 e. The Morgan fingerprint density at radius 3 is 2.67 bits per heavy atom. The van der Waals surface area contributed by atoms with Crippen molar-refractivity contribution in [3.63, 3.8) is 0 Å². The molecular formula is C13H10BrN3O. The van der Waals surface area contributed by atoms with Gasteiger partial charge in [-0.2, -0.15) is 4.98 Å². The monoisotopic (exact) mass is 303 g/mol. The van der Waals surface area contributed by atoms with Gasteiger partial charge in [-0.1, -0.05) is 33.2 Å². The van der Waals surface area contributed by atoms with Gasteiger partial charge in [-0.15, -0.1) is 0 Å². The molecule has 0 radical (unpaired) electrons. The molecule has 0 spiro atoms. The number of fused-ring (bicyclic) bond motifs is 1. The van der Waals surface area contributed by atoms with Crippen LogP contribution in [0.2, 0.25) is 0 Å². The van der Waals surface area contributed by atoms with E-state index in [1.54, 1.807) is 0 Å². The van der Waals surface area contributed by atoms with Gasteiger partial charge in [0, 0.05) is 10.0 Å². The molecule has 0 atom stereocenters. The fraction of sp³-hybridized carbons (Fsp3) is 0.0769. The van der Waals surface area contributed by atoms with Crippen LogP contribution in [0.4, 0.5) is 0 Å². The molecule has 3 aromatic rings. The van der Waals surface area contributed by atoms with Crippen molar-refractivity contribution in [2.24, 2.45) is 5.73 Å². The fourth-order valence-corrected chi connectivity index (χ4v) is 2.18. The lowest BCUT2D eigenvalue weighted by atomic mass is 10.1. The van der Waals surface area contributed by atoms with Crippen LogP contribution in [-0.4, -0.2) is 10.1 Å². The second-order valence-corrected chi connectivity index (χ2v) is 4.84. The van der Waals surface area contributed by atoms with Gasteiger partial charge in [0.25, 0.3) is 5.89 Å². The van der Waals surface area contributed by atoms with E-state index in [1.165, 1.54) is 0 Å². The lowest BCUT2D eigenvalue weighted by Gasteiger charge is -2.00. The van der Waals surface area contributed by atoms with Gasteiger partial charge in [0.1, 0.15) is 0 Å². The zero-order valence-corrected chi connectivity index (χ0v) is 11.0. The van der Waals surface area contributed by atoms with E-state index in [-0.39, 0.29) is 6.54 Å². The zero-order valence-electron chi connectivity index (χ0n) is 9.43. The summed E-state index contributed by atoms with van der Waals surface area (Å²) in [4.78, 5) is 4.21.